The lowest BCUT2D eigenvalue weighted by molar-refractivity contribution is 0.866. The molecule has 0 fully saturated rings. The van der Waals surface area contributed by atoms with Crippen LogP contribution in [0.2, 0.25) is 0 Å². The number of nitrogens with zero attached hydrogens (tertiary/aromatic N) is 2. The Morgan fingerprint density at radius 3 is 2.36 bits per heavy atom. The second-order valence-electron chi connectivity index (χ2n) is 7.67. The van der Waals surface area contributed by atoms with Crippen molar-refractivity contribution in [1.82, 2.24) is 4.98 Å². The highest BCUT2D eigenvalue weighted by Gasteiger charge is 2.22. The fraction of sp³-hybridized carbons (Fsp3) is 0.269. The van der Waals surface area contributed by atoms with Crippen LogP contribution in [0.1, 0.15) is 31.4 Å². The van der Waals surface area contributed by atoms with Crippen LogP contribution in [0.15, 0.2) is 60.7 Å². The summed E-state index contributed by atoms with van der Waals surface area (Å²) in [6, 6.07) is 22.1. The van der Waals surface area contributed by atoms with E-state index in [1.807, 2.05) is 0 Å². The van der Waals surface area contributed by atoms with Crippen molar-refractivity contribution in [3.05, 3.63) is 71.8 Å². The average Bonchev–Trinajstić information content (AvgIpc) is 3.24. The Hall–Kier alpha value is -2.87. The van der Waals surface area contributed by atoms with E-state index in [0.29, 0.717) is 0 Å². The number of pyridine rings is 1. The highest BCUT2D eigenvalue weighted by Crippen LogP contribution is 2.39. The first-order valence-electron chi connectivity index (χ1n) is 10.5. The second kappa shape index (κ2) is 6.94. The van der Waals surface area contributed by atoms with Crippen molar-refractivity contribution in [2.24, 2.45) is 0 Å². The van der Waals surface area contributed by atoms with E-state index in [-0.39, 0.29) is 0 Å². The molecule has 28 heavy (non-hydrogen) atoms. The molecule has 0 atom stereocenters. The molecule has 2 nitrogen and oxygen atoms in total. The van der Waals surface area contributed by atoms with Gasteiger partial charge >= 0.3 is 0 Å². The van der Waals surface area contributed by atoms with Crippen molar-refractivity contribution in [2.45, 2.75) is 33.1 Å². The average molecular weight is 367 g/mol. The third-order valence-corrected chi connectivity index (χ3v) is 6.21. The van der Waals surface area contributed by atoms with Gasteiger partial charge in [0, 0.05) is 29.7 Å². The largest absolute Gasteiger partial charge is 0.372 e. The van der Waals surface area contributed by atoms with Crippen LogP contribution >= 0.6 is 0 Å². The van der Waals surface area contributed by atoms with E-state index in [9.17, 15) is 0 Å². The highest BCUT2D eigenvalue weighted by atomic mass is 15.1. The quantitative estimate of drug-likeness (QED) is 0.389. The number of aryl methyl sites for hydroxylation is 1. The molecule has 2 heteroatoms. The molecular formula is C26H26N2. The Morgan fingerprint density at radius 1 is 0.821 bits per heavy atom. The van der Waals surface area contributed by atoms with Crippen LogP contribution in [0, 0.1) is 0 Å². The van der Waals surface area contributed by atoms with Crippen LogP contribution in [-0.2, 0) is 12.8 Å². The van der Waals surface area contributed by atoms with Crippen LogP contribution in [0.3, 0.4) is 0 Å². The van der Waals surface area contributed by atoms with Crippen molar-refractivity contribution >= 4 is 27.4 Å². The first-order valence-corrected chi connectivity index (χ1v) is 10.5. The van der Waals surface area contributed by atoms with E-state index >= 15 is 0 Å². The summed E-state index contributed by atoms with van der Waals surface area (Å²) in [5.74, 6) is 0. The van der Waals surface area contributed by atoms with Crippen LogP contribution < -0.4 is 4.90 Å². The van der Waals surface area contributed by atoms with Gasteiger partial charge in [-0.2, -0.15) is 0 Å². The molecule has 0 saturated carbocycles. The molecule has 140 valence electrons. The molecule has 0 unspecified atom stereocenters. The number of fused-ring (bicyclic) bond motifs is 5. The van der Waals surface area contributed by atoms with Gasteiger partial charge in [-0.1, -0.05) is 42.5 Å². The summed E-state index contributed by atoms with van der Waals surface area (Å²) in [6.45, 7) is 6.48. The summed E-state index contributed by atoms with van der Waals surface area (Å²) >= 11 is 0. The number of hydrogen-bond donors (Lipinski definition) is 0. The maximum absolute atomic E-state index is 5.17. The third kappa shape index (κ3) is 2.67. The highest BCUT2D eigenvalue weighted by molar-refractivity contribution is 6.09. The zero-order valence-corrected chi connectivity index (χ0v) is 16.7. The first kappa shape index (κ1) is 17.2. The summed E-state index contributed by atoms with van der Waals surface area (Å²) in [5.41, 5.74) is 7.81. The SMILES string of the molecule is CCN(CC)c1ccc(-c2nc3ccc4ccccc4c3c3c2CCC3)cc1. The number of rotatable bonds is 4. The van der Waals surface area contributed by atoms with E-state index < -0.39 is 0 Å². The minimum atomic E-state index is 1.03. The van der Waals surface area contributed by atoms with Gasteiger partial charge in [-0.3, -0.25) is 0 Å². The fourth-order valence-electron chi connectivity index (χ4n) is 4.80. The summed E-state index contributed by atoms with van der Waals surface area (Å²) in [6.07, 6.45) is 3.52. The molecule has 1 aliphatic rings. The third-order valence-electron chi connectivity index (χ3n) is 6.21. The number of aromatic nitrogens is 1. The molecule has 5 rings (SSSR count). The molecular weight excluding hydrogens is 340 g/mol. The minimum absolute atomic E-state index is 1.03. The van der Waals surface area contributed by atoms with Crippen LogP contribution in [0.25, 0.3) is 32.9 Å². The summed E-state index contributed by atoms with van der Waals surface area (Å²) in [4.78, 5) is 7.55. The van der Waals surface area contributed by atoms with Crippen molar-refractivity contribution < 1.29 is 0 Å². The number of anilines is 1. The van der Waals surface area contributed by atoms with Crippen molar-refractivity contribution in [3.8, 4) is 11.3 Å². The van der Waals surface area contributed by atoms with Crippen molar-refractivity contribution in [3.63, 3.8) is 0 Å². The van der Waals surface area contributed by atoms with Crippen molar-refractivity contribution in [1.29, 1.82) is 0 Å². The van der Waals surface area contributed by atoms with E-state index in [4.69, 9.17) is 4.98 Å². The Balaban J connectivity index is 1.70. The predicted molar refractivity (Wildman–Crippen MR) is 120 cm³/mol. The molecule has 1 heterocycles. The molecule has 0 radical (unpaired) electrons. The molecule has 3 aromatic carbocycles. The smallest absolute Gasteiger partial charge is 0.0744 e. The first-order chi connectivity index (χ1) is 13.8. The molecule has 0 N–H and O–H groups in total. The Kier molecular flexibility index (Phi) is 4.27. The van der Waals surface area contributed by atoms with Gasteiger partial charge in [0.2, 0.25) is 0 Å². The molecule has 0 saturated heterocycles. The lowest BCUT2D eigenvalue weighted by Gasteiger charge is -2.21. The molecule has 0 spiro atoms. The van der Waals surface area contributed by atoms with Gasteiger partial charge in [-0.25, -0.2) is 4.98 Å². The van der Waals surface area contributed by atoms with Gasteiger partial charge in [0.1, 0.15) is 0 Å². The van der Waals surface area contributed by atoms with Gasteiger partial charge in [0.25, 0.3) is 0 Å². The van der Waals surface area contributed by atoms with E-state index in [0.717, 1.165) is 31.4 Å². The maximum Gasteiger partial charge on any atom is 0.0744 e. The predicted octanol–water partition coefficient (Wildman–Crippen LogP) is 6.39. The molecule has 4 aromatic rings. The van der Waals surface area contributed by atoms with Gasteiger partial charge in [-0.05, 0) is 73.2 Å². The lowest BCUT2D eigenvalue weighted by Crippen LogP contribution is -2.21. The van der Waals surface area contributed by atoms with E-state index in [1.54, 1.807) is 0 Å². The normalized spacial score (nSPS) is 13.2. The van der Waals surface area contributed by atoms with Crippen LogP contribution in [-0.4, -0.2) is 18.1 Å². The van der Waals surface area contributed by atoms with E-state index in [2.05, 4.69) is 79.4 Å². The van der Waals surface area contributed by atoms with Crippen molar-refractivity contribution in [2.75, 3.05) is 18.0 Å². The molecule has 1 aromatic heterocycles. The monoisotopic (exact) mass is 366 g/mol. The molecule has 1 aliphatic carbocycles. The summed E-state index contributed by atoms with van der Waals surface area (Å²) in [5, 5.41) is 4.02. The minimum Gasteiger partial charge on any atom is -0.372 e. The lowest BCUT2D eigenvalue weighted by atomic mass is 9.95. The van der Waals surface area contributed by atoms with Crippen LogP contribution in [0.5, 0.6) is 0 Å². The zero-order valence-electron chi connectivity index (χ0n) is 16.7. The van der Waals surface area contributed by atoms with Gasteiger partial charge in [0.15, 0.2) is 0 Å². The Labute approximate surface area is 166 Å². The van der Waals surface area contributed by atoms with Gasteiger partial charge in [0.05, 0.1) is 11.2 Å². The molecule has 0 aliphatic heterocycles. The topological polar surface area (TPSA) is 16.1 Å². The zero-order chi connectivity index (χ0) is 19.1. The Bertz CT molecular complexity index is 1150. The van der Waals surface area contributed by atoms with Gasteiger partial charge < -0.3 is 4.90 Å². The fourth-order valence-corrected chi connectivity index (χ4v) is 4.80. The Morgan fingerprint density at radius 2 is 1.57 bits per heavy atom. The summed E-state index contributed by atoms with van der Waals surface area (Å²) in [7, 11) is 0. The van der Waals surface area contributed by atoms with E-state index in [1.165, 1.54) is 50.7 Å². The molecule has 0 bridgehead atoms. The summed E-state index contributed by atoms with van der Waals surface area (Å²) < 4.78 is 0. The standard InChI is InChI=1S/C26H26N2/c1-3-28(4-2)20-15-12-19(13-16-20)26-23-11-7-10-22(23)25-21-9-6-5-8-18(21)14-17-24(25)27-26/h5-6,8-9,12-17H,3-4,7,10-11H2,1-2H3. The molecule has 0 amide bonds. The van der Waals surface area contributed by atoms with Gasteiger partial charge in [-0.15, -0.1) is 0 Å². The van der Waals surface area contributed by atoms with Crippen LogP contribution in [0.4, 0.5) is 5.69 Å². The second-order valence-corrected chi connectivity index (χ2v) is 7.67. The maximum atomic E-state index is 5.17. The number of benzene rings is 3. The number of hydrogen-bond acceptors (Lipinski definition) is 2.